The van der Waals surface area contributed by atoms with Gasteiger partial charge in [0.25, 0.3) is 5.91 Å². The van der Waals surface area contributed by atoms with Crippen molar-refractivity contribution in [3.63, 3.8) is 0 Å². The molecule has 0 atom stereocenters. The van der Waals surface area contributed by atoms with Gasteiger partial charge in [0.05, 0.1) is 17.9 Å². The highest BCUT2D eigenvalue weighted by atomic mass is 32.2. The third-order valence-corrected chi connectivity index (χ3v) is 7.50. The van der Waals surface area contributed by atoms with Crippen LogP contribution in [0.5, 0.6) is 5.88 Å². The summed E-state index contributed by atoms with van der Waals surface area (Å²) < 4.78 is 40.3. The fraction of sp³-hybridized carbons (Fsp3) is 0.250. The Bertz CT molecular complexity index is 1560. The van der Waals surface area contributed by atoms with E-state index in [1.165, 1.54) is 35.0 Å². The highest BCUT2D eigenvalue weighted by Gasteiger charge is 2.29. The molecule has 12 heteroatoms. The van der Waals surface area contributed by atoms with E-state index < -0.39 is 11.2 Å². The molecule has 2 aromatic carbocycles. The Hall–Kier alpha value is -4.19. The summed E-state index contributed by atoms with van der Waals surface area (Å²) >= 11 is -0.258. The third-order valence-electron chi connectivity index (χ3n) is 6.76. The van der Waals surface area contributed by atoms with Crippen LogP contribution in [0.1, 0.15) is 21.7 Å². The fourth-order valence-electron chi connectivity index (χ4n) is 4.69. The molecule has 0 aliphatic carbocycles. The van der Waals surface area contributed by atoms with E-state index in [1.54, 1.807) is 24.0 Å². The molecule has 40 heavy (non-hydrogen) atoms. The van der Waals surface area contributed by atoms with Crippen molar-refractivity contribution >= 4 is 23.4 Å². The lowest BCUT2D eigenvalue weighted by Gasteiger charge is -2.36. The Morgan fingerprint density at radius 1 is 0.975 bits per heavy atom. The number of para-hydroxylation sites is 1. The number of amides is 1. The van der Waals surface area contributed by atoms with E-state index >= 15 is 0 Å². The minimum atomic E-state index is -4.43. The number of carbonyl (C=O) groups is 1. The van der Waals surface area contributed by atoms with Crippen LogP contribution in [0, 0.1) is 6.92 Å². The van der Waals surface area contributed by atoms with E-state index in [2.05, 4.69) is 9.88 Å². The van der Waals surface area contributed by atoms with Gasteiger partial charge in [0.15, 0.2) is 0 Å². The summed E-state index contributed by atoms with van der Waals surface area (Å²) in [7, 11) is 0. The van der Waals surface area contributed by atoms with E-state index in [0.29, 0.717) is 31.7 Å². The molecule has 3 heterocycles. The standard InChI is InChI=1S/C28H26F3N5O3S/c1-19-25(37)36(22-7-9-23(10-8-22)40-28(29,30)31)27(39)35(19)18-20-11-12-32-24(17-20)26(38)34-15-13-33(14-16-34)21-5-3-2-4-6-21/h2-12,17,37H,13-16,18H2,1H3. The number of aromatic nitrogens is 3. The van der Waals surface area contributed by atoms with Gasteiger partial charge >= 0.3 is 11.2 Å². The van der Waals surface area contributed by atoms with Gasteiger partial charge in [0.1, 0.15) is 5.69 Å². The highest BCUT2D eigenvalue weighted by molar-refractivity contribution is 8.00. The first-order valence-electron chi connectivity index (χ1n) is 12.5. The van der Waals surface area contributed by atoms with Gasteiger partial charge in [-0.3, -0.25) is 14.3 Å². The average molecular weight is 570 g/mol. The van der Waals surface area contributed by atoms with E-state index in [1.807, 2.05) is 30.3 Å². The van der Waals surface area contributed by atoms with E-state index in [4.69, 9.17) is 0 Å². The molecule has 0 spiro atoms. The largest absolute Gasteiger partial charge is 0.493 e. The predicted molar refractivity (Wildman–Crippen MR) is 146 cm³/mol. The number of alkyl halides is 3. The second kappa shape index (κ2) is 11.1. The van der Waals surface area contributed by atoms with Gasteiger partial charge in [0, 0.05) is 43.0 Å². The lowest BCUT2D eigenvalue weighted by atomic mass is 10.2. The summed E-state index contributed by atoms with van der Waals surface area (Å²) in [6.07, 6.45) is 1.51. The number of anilines is 1. The number of hydrogen-bond donors (Lipinski definition) is 1. The third kappa shape index (κ3) is 5.86. The molecule has 1 aliphatic rings. The molecule has 1 N–H and O–H groups in total. The molecule has 1 fully saturated rings. The van der Waals surface area contributed by atoms with Gasteiger partial charge in [-0.1, -0.05) is 18.2 Å². The summed E-state index contributed by atoms with van der Waals surface area (Å²) in [5, 5.41) is 10.7. The molecule has 0 saturated carbocycles. The van der Waals surface area contributed by atoms with Crippen LogP contribution in [-0.4, -0.2) is 61.7 Å². The van der Waals surface area contributed by atoms with Crippen LogP contribution in [0.15, 0.2) is 82.6 Å². The van der Waals surface area contributed by atoms with E-state index in [0.717, 1.165) is 10.3 Å². The predicted octanol–water partition coefficient (Wildman–Crippen LogP) is 4.67. The van der Waals surface area contributed by atoms with Crippen LogP contribution >= 0.6 is 11.8 Å². The van der Waals surface area contributed by atoms with Crippen LogP contribution in [0.25, 0.3) is 5.69 Å². The molecule has 1 aliphatic heterocycles. The van der Waals surface area contributed by atoms with E-state index in [-0.39, 0.29) is 52.1 Å². The number of carbonyl (C=O) groups excluding carboxylic acids is 1. The van der Waals surface area contributed by atoms with Crippen molar-refractivity contribution < 1.29 is 23.1 Å². The molecule has 5 rings (SSSR count). The maximum absolute atomic E-state index is 13.2. The highest BCUT2D eigenvalue weighted by Crippen LogP contribution is 2.37. The van der Waals surface area contributed by atoms with E-state index in [9.17, 15) is 27.9 Å². The summed E-state index contributed by atoms with van der Waals surface area (Å²) in [4.78, 5) is 34.6. The molecule has 0 radical (unpaired) electrons. The van der Waals surface area contributed by atoms with Crippen LogP contribution in [-0.2, 0) is 6.54 Å². The van der Waals surface area contributed by atoms with Crippen molar-refractivity contribution in [2.45, 2.75) is 23.9 Å². The number of nitrogens with zero attached hydrogens (tertiary/aromatic N) is 5. The van der Waals surface area contributed by atoms with Crippen molar-refractivity contribution in [1.29, 1.82) is 0 Å². The molecule has 0 unspecified atom stereocenters. The van der Waals surface area contributed by atoms with Crippen molar-refractivity contribution in [3.8, 4) is 11.6 Å². The maximum atomic E-state index is 13.2. The fourth-order valence-corrected chi connectivity index (χ4v) is 5.23. The molecule has 8 nitrogen and oxygen atoms in total. The topological polar surface area (TPSA) is 83.6 Å². The second-order valence-corrected chi connectivity index (χ2v) is 10.5. The molecule has 4 aromatic rings. The zero-order valence-corrected chi connectivity index (χ0v) is 22.3. The molecular formula is C28H26F3N5O3S. The summed E-state index contributed by atoms with van der Waals surface area (Å²) in [6, 6.07) is 18.5. The van der Waals surface area contributed by atoms with Crippen LogP contribution in [0.2, 0.25) is 0 Å². The molecule has 208 valence electrons. The molecular weight excluding hydrogens is 543 g/mol. The van der Waals surface area contributed by atoms with Crippen molar-refractivity contribution in [1.82, 2.24) is 19.0 Å². The number of aromatic hydroxyl groups is 1. The van der Waals surface area contributed by atoms with Gasteiger partial charge < -0.3 is 14.9 Å². The number of benzene rings is 2. The van der Waals surface area contributed by atoms with Crippen molar-refractivity contribution in [2.24, 2.45) is 0 Å². The number of hydrogen-bond acceptors (Lipinski definition) is 6. The number of pyridine rings is 1. The number of piperazine rings is 1. The molecule has 1 amide bonds. The number of rotatable bonds is 6. The Kier molecular flexibility index (Phi) is 7.61. The Balaban J connectivity index is 1.31. The monoisotopic (exact) mass is 569 g/mol. The SMILES string of the molecule is Cc1c(O)n(-c2ccc(SC(F)(F)F)cc2)c(=O)n1Cc1ccnc(C(=O)N2CCN(c3ccccc3)CC2)c1. The first-order valence-corrected chi connectivity index (χ1v) is 13.3. The zero-order valence-electron chi connectivity index (χ0n) is 21.5. The lowest BCUT2D eigenvalue weighted by Crippen LogP contribution is -2.49. The zero-order chi connectivity index (χ0) is 28.4. The first-order chi connectivity index (χ1) is 19.1. The minimum Gasteiger partial charge on any atom is -0.493 e. The summed E-state index contributed by atoms with van der Waals surface area (Å²) in [6.45, 7) is 4.14. The Morgan fingerprint density at radius 2 is 1.65 bits per heavy atom. The maximum Gasteiger partial charge on any atom is 0.446 e. The second-order valence-electron chi connectivity index (χ2n) is 9.32. The number of halogens is 3. The first kappa shape index (κ1) is 27.4. The summed E-state index contributed by atoms with van der Waals surface area (Å²) in [5.74, 6) is -0.515. The van der Waals surface area contributed by atoms with Gasteiger partial charge in [-0.15, -0.1) is 0 Å². The molecule has 0 bridgehead atoms. The van der Waals surface area contributed by atoms with Gasteiger partial charge in [-0.25, -0.2) is 9.36 Å². The Morgan fingerprint density at radius 3 is 2.30 bits per heavy atom. The van der Waals surface area contributed by atoms with Gasteiger partial charge in [-0.05, 0) is 72.8 Å². The quantitative estimate of drug-likeness (QED) is 0.340. The normalized spacial score (nSPS) is 14.0. The van der Waals surface area contributed by atoms with Gasteiger partial charge in [-0.2, -0.15) is 13.2 Å². The number of imidazole rings is 1. The molecule has 1 saturated heterocycles. The van der Waals surface area contributed by atoms with Crippen LogP contribution < -0.4 is 10.6 Å². The minimum absolute atomic E-state index is 0.0320. The Labute approximate surface area is 232 Å². The van der Waals surface area contributed by atoms with Crippen LogP contribution in [0.4, 0.5) is 18.9 Å². The lowest BCUT2D eigenvalue weighted by molar-refractivity contribution is -0.0328. The number of thioether (sulfide) groups is 1. The van der Waals surface area contributed by atoms with Crippen LogP contribution in [0.3, 0.4) is 0 Å². The van der Waals surface area contributed by atoms with Crippen molar-refractivity contribution in [2.75, 3.05) is 31.1 Å². The molecule has 2 aromatic heterocycles. The summed E-state index contributed by atoms with van der Waals surface area (Å²) in [5.41, 5.74) is -2.47. The van der Waals surface area contributed by atoms with Crippen molar-refractivity contribution in [3.05, 3.63) is 100 Å². The average Bonchev–Trinajstić information content (AvgIpc) is 3.16. The van der Waals surface area contributed by atoms with Gasteiger partial charge in [0.2, 0.25) is 5.88 Å². The smallest absolute Gasteiger partial charge is 0.446 e.